The average Bonchev–Trinajstić information content (AvgIpc) is 3.55. The first-order valence-corrected chi connectivity index (χ1v) is 17.8. The van der Waals surface area contributed by atoms with Crippen LogP contribution in [0.1, 0.15) is 22.3 Å². The molecule has 3 nitrogen and oxygen atoms in total. The van der Waals surface area contributed by atoms with E-state index >= 15 is 0 Å². The molecule has 0 bridgehead atoms. The fraction of sp³-hybridized carbons (Fsp3) is 0.0204. The lowest BCUT2D eigenvalue weighted by Gasteiger charge is -2.45. The molecule has 3 heterocycles. The summed E-state index contributed by atoms with van der Waals surface area (Å²) < 4.78 is 16.1. The van der Waals surface area contributed by atoms with E-state index in [2.05, 4.69) is 193 Å². The number of hydrogen-bond acceptors (Lipinski definition) is 2. The van der Waals surface area contributed by atoms with Gasteiger partial charge in [0.1, 0.15) is 23.0 Å². The van der Waals surface area contributed by atoms with Crippen LogP contribution in [-0.4, -0.2) is 4.57 Å². The van der Waals surface area contributed by atoms with Crippen molar-refractivity contribution < 1.29 is 9.47 Å². The minimum Gasteiger partial charge on any atom is -0.457 e. The smallest absolute Gasteiger partial charge is 0.140 e. The number of rotatable bonds is 3. The molecular formula is C49H31NO2. The van der Waals surface area contributed by atoms with Gasteiger partial charge in [0.25, 0.3) is 0 Å². The molecule has 2 aliphatic rings. The Morgan fingerprint density at radius 1 is 0.365 bits per heavy atom. The summed E-state index contributed by atoms with van der Waals surface area (Å²) in [6.45, 7) is 0. The monoisotopic (exact) mass is 665 g/mol. The summed E-state index contributed by atoms with van der Waals surface area (Å²) in [5.74, 6) is 3.41. The summed E-state index contributed by atoms with van der Waals surface area (Å²) in [6, 6.07) is 66.9. The number of hydrogen-bond donors (Lipinski definition) is 0. The molecule has 0 aliphatic carbocycles. The highest BCUT2D eigenvalue weighted by molar-refractivity contribution is 6.10. The topological polar surface area (TPSA) is 23.4 Å². The van der Waals surface area contributed by atoms with Crippen LogP contribution in [0.3, 0.4) is 0 Å². The second-order valence-electron chi connectivity index (χ2n) is 13.6. The van der Waals surface area contributed by atoms with Gasteiger partial charge in [-0.3, -0.25) is 0 Å². The Kier molecular flexibility index (Phi) is 6.17. The Morgan fingerprint density at radius 2 is 0.962 bits per heavy atom. The second kappa shape index (κ2) is 11.1. The normalized spacial score (nSPS) is 13.5. The van der Waals surface area contributed by atoms with Gasteiger partial charge in [-0.1, -0.05) is 146 Å². The van der Waals surface area contributed by atoms with Crippen molar-refractivity contribution in [1.82, 2.24) is 4.57 Å². The van der Waals surface area contributed by atoms with E-state index in [1.807, 2.05) is 0 Å². The van der Waals surface area contributed by atoms with Gasteiger partial charge in [0, 0.05) is 44.3 Å². The van der Waals surface area contributed by atoms with Crippen LogP contribution in [-0.2, 0) is 5.41 Å². The first-order chi connectivity index (χ1) is 25.8. The predicted molar refractivity (Wildman–Crippen MR) is 210 cm³/mol. The van der Waals surface area contributed by atoms with Gasteiger partial charge in [-0.25, -0.2) is 0 Å². The molecule has 0 saturated heterocycles. The van der Waals surface area contributed by atoms with Crippen molar-refractivity contribution in [2.75, 3.05) is 0 Å². The standard InChI is InChI=1S/C49H31NO2/c1-3-14-32(15-4-1)36-19-13-22-42-48(36)52-47-31-34(27-29-41(47)49(42)39-20-8-11-24-45(39)51-46-25-12-9-21-40(46)49)33-26-28-38-37-18-7-10-23-43(37)50(44(38)30-33)35-16-5-2-6-17-35/h1-31H. The maximum absolute atomic E-state index is 7.17. The number of aromatic nitrogens is 1. The molecule has 8 aromatic carbocycles. The van der Waals surface area contributed by atoms with Gasteiger partial charge in [0.15, 0.2) is 0 Å². The Bertz CT molecular complexity index is 2810. The molecular weight excluding hydrogens is 635 g/mol. The summed E-state index contributed by atoms with van der Waals surface area (Å²) in [5.41, 5.74) is 11.6. The molecule has 0 unspecified atom stereocenters. The fourth-order valence-electron chi connectivity index (χ4n) is 8.72. The van der Waals surface area contributed by atoms with E-state index < -0.39 is 5.41 Å². The highest BCUT2D eigenvalue weighted by Crippen LogP contribution is 2.62. The average molecular weight is 666 g/mol. The Morgan fingerprint density at radius 3 is 1.75 bits per heavy atom. The van der Waals surface area contributed by atoms with E-state index in [0.29, 0.717) is 0 Å². The molecule has 2 aliphatic heterocycles. The molecule has 1 spiro atoms. The third kappa shape index (κ3) is 4.02. The van der Waals surface area contributed by atoms with Gasteiger partial charge in [0.2, 0.25) is 0 Å². The van der Waals surface area contributed by atoms with Crippen LogP contribution in [0.4, 0.5) is 0 Å². The predicted octanol–water partition coefficient (Wildman–Crippen LogP) is 12.7. The lowest BCUT2D eigenvalue weighted by atomic mass is 9.62. The first kappa shape index (κ1) is 28.9. The number of ether oxygens (including phenoxy) is 2. The molecule has 0 atom stereocenters. The SMILES string of the molecule is c1ccc(-c2cccc3c2Oc2cc(-c4ccc5c6ccccc6n(-c6ccccc6)c5c4)ccc2C32c3ccccc3Oc3ccccc32)cc1. The first-order valence-electron chi connectivity index (χ1n) is 17.8. The lowest BCUT2D eigenvalue weighted by molar-refractivity contribution is 0.400. The van der Waals surface area contributed by atoms with E-state index in [0.717, 1.165) is 73.2 Å². The minimum atomic E-state index is -0.665. The van der Waals surface area contributed by atoms with Gasteiger partial charge >= 0.3 is 0 Å². The van der Waals surface area contributed by atoms with Crippen LogP contribution >= 0.6 is 0 Å². The highest BCUT2D eigenvalue weighted by atomic mass is 16.5. The minimum absolute atomic E-state index is 0.665. The molecule has 1 aromatic heterocycles. The maximum atomic E-state index is 7.17. The van der Waals surface area contributed by atoms with Crippen LogP contribution in [0.25, 0.3) is 49.7 Å². The number of nitrogens with zero attached hydrogens (tertiary/aromatic N) is 1. The second-order valence-corrected chi connectivity index (χ2v) is 13.6. The molecule has 0 radical (unpaired) electrons. The molecule has 0 amide bonds. The van der Waals surface area contributed by atoms with Crippen molar-refractivity contribution in [1.29, 1.82) is 0 Å². The zero-order chi connectivity index (χ0) is 34.2. The van der Waals surface area contributed by atoms with Crippen LogP contribution in [0.5, 0.6) is 23.0 Å². The Hall–Kier alpha value is -6.84. The third-order valence-electron chi connectivity index (χ3n) is 10.9. The van der Waals surface area contributed by atoms with E-state index in [1.54, 1.807) is 0 Å². The van der Waals surface area contributed by atoms with Crippen LogP contribution in [0.15, 0.2) is 188 Å². The molecule has 244 valence electrons. The van der Waals surface area contributed by atoms with Crippen molar-refractivity contribution in [3.05, 3.63) is 210 Å². The zero-order valence-electron chi connectivity index (χ0n) is 28.2. The summed E-state index contributed by atoms with van der Waals surface area (Å²) in [6.07, 6.45) is 0. The van der Waals surface area contributed by atoms with Crippen LogP contribution in [0, 0.1) is 0 Å². The number of fused-ring (bicyclic) bond motifs is 11. The quantitative estimate of drug-likeness (QED) is 0.187. The van der Waals surface area contributed by atoms with Gasteiger partial charge in [-0.2, -0.15) is 0 Å². The van der Waals surface area contributed by atoms with E-state index in [-0.39, 0.29) is 0 Å². The molecule has 0 N–H and O–H groups in total. The highest BCUT2D eigenvalue weighted by Gasteiger charge is 2.51. The van der Waals surface area contributed by atoms with Crippen molar-refractivity contribution in [3.8, 4) is 50.9 Å². The van der Waals surface area contributed by atoms with Gasteiger partial charge in [0.05, 0.1) is 16.4 Å². The molecule has 11 rings (SSSR count). The summed E-state index contributed by atoms with van der Waals surface area (Å²) >= 11 is 0. The summed E-state index contributed by atoms with van der Waals surface area (Å²) in [5, 5.41) is 2.47. The summed E-state index contributed by atoms with van der Waals surface area (Å²) in [7, 11) is 0. The van der Waals surface area contributed by atoms with E-state index in [4.69, 9.17) is 9.47 Å². The van der Waals surface area contributed by atoms with Crippen molar-refractivity contribution in [2.24, 2.45) is 0 Å². The van der Waals surface area contributed by atoms with Crippen molar-refractivity contribution >= 4 is 21.8 Å². The fourth-order valence-corrected chi connectivity index (χ4v) is 8.72. The van der Waals surface area contributed by atoms with Gasteiger partial charge in [-0.15, -0.1) is 0 Å². The van der Waals surface area contributed by atoms with E-state index in [9.17, 15) is 0 Å². The Labute approximate surface area is 301 Å². The summed E-state index contributed by atoms with van der Waals surface area (Å²) in [4.78, 5) is 0. The van der Waals surface area contributed by atoms with Gasteiger partial charge < -0.3 is 14.0 Å². The Balaban J connectivity index is 1.18. The van der Waals surface area contributed by atoms with Crippen molar-refractivity contribution in [2.45, 2.75) is 5.41 Å². The van der Waals surface area contributed by atoms with Crippen molar-refractivity contribution in [3.63, 3.8) is 0 Å². The maximum Gasteiger partial charge on any atom is 0.140 e. The molecule has 0 fully saturated rings. The molecule has 3 heteroatoms. The zero-order valence-corrected chi connectivity index (χ0v) is 28.2. The van der Waals surface area contributed by atoms with Crippen LogP contribution in [0.2, 0.25) is 0 Å². The molecule has 0 saturated carbocycles. The third-order valence-corrected chi connectivity index (χ3v) is 10.9. The molecule has 9 aromatic rings. The molecule has 52 heavy (non-hydrogen) atoms. The van der Waals surface area contributed by atoms with Gasteiger partial charge in [-0.05, 0) is 59.2 Å². The number of benzene rings is 8. The largest absolute Gasteiger partial charge is 0.457 e. The van der Waals surface area contributed by atoms with Crippen LogP contribution < -0.4 is 9.47 Å². The lowest BCUT2D eigenvalue weighted by Crippen LogP contribution is -2.37. The number of para-hydroxylation sites is 5. The van der Waals surface area contributed by atoms with E-state index in [1.165, 1.54) is 21.8 Å².